The van der Waals surface area contributed by atoms with Gasteiger partial charge in [-0.05, 0) is 51.2 Å². The van der Waals surface area contributed by atoms with Crippen molar-refractivity contribution in [1.29, 1.82) is 0 Å². The number of carbonyl (C=O) groups excluding carboxylic acids is 4. The second-order valence-corrected chi connectivity index (χ2v) is 11.6. The Morgan fingerprint density at radius 1 is 1.15 bits per heavy atom. The number of phenolic OH excluding ortho intramolecular Hbond substituents is 1. The number of nitrogens with one attached hydrogen (secondary N) is 2. The highest BCUT2D eigenvalue weighted by Crippen LogP contribution is 2.53. The molecule has 4 rings (SSSR count). The molecule has 0 bridgehead atoms. The van der Waals surface area contributed by atoms with Crippen molar-refractivity contribution in [2.75, 3.05) is 30.9 Å². The number of primary amides is 1. The predicted molar refractivity (Wildman–Crippen MR) is 142 cm³/mol. The van der Waals surface area contributed by atoms with E-state index in [9.17, 15) is 39.6 Å². The molecule has 0 aliphatic heterocycles. The van der Waals surface area contributed by atoms with Gasteiger partial charge in [0.1, 0.15) is 17.1 Å². The molecule has 0 spiro atoms. The maximum atomic E-state index is 13.9. The van der Waals surface area contributed by atoms with Crippen LogP contribution in [0.15, 0.2) is 28.7 Å². The molecule has 3 atom stereocenters. The molecule has 8 N–H and O–H groups in total. The second kappa shape index (κ2) is 9.38. The number of phenols is 1. The standard InChI is InChI=1S/C27H34N4O8/c1-26(2,3)29-10-17(33)30-14-9-15(31(4)5)13-7-11-6-12-8-16(32)20(25(28)38)24(37)27(12,39)23(36)18(11)22(35)19(13)21(14)34/h9,11-12,29,32,34,36,39H,6-8,10H2,1-5H3,(H2,28,38)(H,30,33)/t11-,12+,27+/m1/s1. The SMILES string of the molecule is CN(C)c1cc(NC(=O)CNC(C)(C)C)c(O)c2c1C[C@H]1C[C@H]3CC(O)=C(C(N)=O)C(=O)[C@@]3(O)C(O)=C1C2=O. The van der Waals surface area contributed by atoms with E-state index in [0.717, 1.165) is 0 Å². The normalized spacial score (nSPS) is 24.7. The van der Waals surface area contributed by atoms with E-state index in [0.29, 0.717) is 11.3 Å². The molecular formula is C27H34N4O8. The monoisotopic (exact) mass is 542 g/mol. The number of ketones is 2. The number of hydrogen-bond donors (Lipinski definition) is 7. The van der Waals surface area contributed by atoms with Crippen LogP contribution in [-0.4, -0.2) is 75.6 Å². The fourth-order valence-corrected chi connectivity index (χ4v) is 5.70. The molecule has 12 nitrogen and oxygen atoms in total. The first kappa shape index (κ1) is 28.1. The van der Waals surface area contributed by atoms with E-state index in [2.05, 4.69) is 10.6 Å². The Balaban J connectivity index is 1.82. The molecule has 0 radical (unpaired) electrons. The fraction of sp³-hybridized carbons (Fsp3) is 0.481. The summed E-state index contributed by atoms with van der Waals surface area (Å²) >= 11 is 0. The zero-order valence-corrected chi connectivity index (χ0v) is 22.5. The van der Waals surface area contributed by atoms with Gasteiger partial charge in [-0.3, -0.25) is 19.2 Å². The quantitative estimate of drug-likeness (QED) is 0.207. The number of carbonyl (C=O) groups is 4. The number of hydrogen-bond acceptors (Lipinski definition) is 10. The van der Waals surface area contributed by atoms with Crippen LogP contribution in [0.3, 0.4) is 0 Å². The van der Waals surface area contributed by atoms with E-state index in [1.807, 2.05) is 20.8 Å². The van der Waals surface area contributed by atoms with Gasteiger partial charge in [-0.15, -0.1) is 0 Å². The number of anilines is 2. The molecule has 210 valence electrons. The zero-order chi connectivity index (χ0) is 29.2. The third-order valence-electron chi connectivity index (χ3n) is 7.57. The van der Waals surface area contributed by atoms with Crippen molar-refractivity contribution in [3.05, 3.63) is 39.9 Å². The summed E-state index contributed by atoms with van der Waals surface area (Å²) in [5, 5.41) is 49.7. The Kier molecular flexibility index (Phi) is 6.76. The highest BCUT2D eigenvalue weighted by atomic mass is 16.3. The number of fused-ring (bicyclic) bond motifs is 3. The molecule has 3 aliphatic carbocycles. The van der Waals surface area contributed by atoms with Gasteiger partial charge in [0.25, 0.3) is 5.91 Å². The third-order valence-corrected chi connectivity index (χ3v) is 7.57. The van der Waals surface area contributed by atoms with Gasteiger partial charge in [0.15, 0.2) is 17.1 Å². The summed E-state index contributed by atoms with van der Waals surface area (Å²) in [5.41, 5.74) is 2.00. The highest BCUT2D eigenvalue weighted by Gasteiger charge is 2.59. The average Bonchev–Trinajstić information content (AvgIpc) is 2.80. The molecule has 0 saturated carbocycles. The van der Waals surface area contributed by atoms with Crippen LogP contribution in [-0.2, 0) is 20.8 Å². The van der Waals surface area contributed by atoms with Crippen LogP contribution in [0.25, 0.3) is 0 Å². The Bertz CT molecular complexity index is 1370. The van der Waals surface area contributed by atoms with Gasteiger partial charge in [-0.25, -0.2) is 0 Å². The van der Waals surface area contributed by atoms with Crippen molar-refractivity contribution >= 4 is 34.8 Å². The number of Topliss-reactive ketones (excluding diaryl/α,β-unsaturated/α-hetero) is 2. The summed E-state index contributed by atoms with van der Waals surface area (Å²) in [7, 11) is 3.47. The third kappa shape index (κ3) is 4.53. The van der Waals surface area contributed by atoms with Crippen molar-refractivity contribution in [2.24, 2.45) is 17.6 Å². The summed E-state index contributed by atoms with van der Waals surface area (Å²) in [5.74, 6) is -7.50. The van der Waals surface area contributed by atoms with E-state index in [4.69, 9.17) is 5.73 Å². The molecular weight excluding hydrogens is 508 g/mol. The summed E-state index contributed by atoms with van der Waals surface area (Å²) in [6, 6.07) is 1.56. The fourth-order valence-electron chi connectivity index (χ4n) is 5.70. The Hall–Kier alpha value is -3.90. The lowest BCUT2D eigenvalue weighted by molar-refractivity contribution is -0.144. The van der Waals surface area contributed by atoms with Gasteiger partial charge in [-0.2, -0.15) is 0 Å². The number of nitrogens with two attached hydrogens (primary N) is 1. The topological polar surface area (TPSA) is 203 Å². The molecule has 0 aromatic heterocycles. The first-order chi connectivity index (χ1) is 18.0. The van der Waals surface area contributed by atoms with E-state index < -0.39 is 63.7 Å². The maximum Gasteiger partial charge on any atom is 0.255 e. The van der Waals surface area contributed by atoms with E-state index in [1.54, 1.807) is 25.1 Å². The number of amides is 2. The molecule has 1 aromatic carbocycles. The van der Waals surface area contributed by atoms with Crippen LogP contribution in [0.1, 0.15) is 49.5 Å². The van der Waals surface area contributed by atoms with Gasteiger partial charge in [0, 0.05) is 43.2 Å². The summed E-state index contributed by atoms with van der Waals surface area (Å²) in [6.45, 7) is 5.61. The number of nitrogens with zero attached hydrogens (tertiary/aromatic N) is 1. The zero-order valence-electron chi connectivity index (χ0n) is 22.5. The predicted octanol–water partition coefficient (Wildman–Crippen LogP) is 0.973. The summed E-state index contributed by atoms with van der Waals surface area (Å²) in [6.07, 6.45) is -0.0997. The molecule has 3 aliphatic rings. The molecule has 0 fully saturated rings. The Labute approximate surface area is 225 Å². The smallest absolute Gasteiger partial charge is 0.255 e. The van der Waals surface area contributed by atoms with Crippen LogP contribution in [0.2, 0.25) is 0 Å². The first-order valence-corrected chi connectivity index (χ1v) is 12.6. The number of benzene rings is 1. The lowest BCUT2D eigenvalue weighted by atomic mass is 9.60. The van der Waals surface area contributed by atoms with Gasteiger partial charge in [-0.1, -0.05) is 0 Å². The number of rotatable bonds is 5. The number of aliphatic hydroxyl groups excluding tert-OH is 2. The van der Waals surface area contributed by atoms with Gasteiger partial charge >= 0.3 is 0 Å². The minimum Gasteiger partial charge on any atom is -0.511 e. The molecule has 0 heterocycles. The lowest BCUT2D eigenvalue weighted by Crippen LogP contribution is -2.57. The van der Waals surface area contributed by atoms with E-state index in [1.165, 1.54) is 0 Å². The van der Waals surface area contributed by atoms with Gasteiger partial charge in [0.05, 0.1) is 17.8 Å². The Morgan fingerprint density at radius 2 is 1.79 bits per heavy atom. The largest absolute Gasteiger partial charge is 0.511 e. The number of aliphatic hydroxyl groups is 3. The van der Waals surface area contributed by atoms with Crippen molar-refractivity contribution in [1.82, 2.24) is 5.32 Å². The molecule has 0 unspecified atom stereocenters. The van der Waals surface area contributed by atoms with Crippen molar-refractivity contribution in [3.63, 3.8) is 0 Å². The van der Waals surface area contributed by atoms with E-state index >= 15 is 0 Å². The molecule has 0 saturated heterocycles. The van der Waals surface area contributed by atoms with Crippen LogP contribution in [0.4, 0.5) is 11.4 Å². The molecule has 12 heteroatoms. The van der Waals surface area contributed by atoms with Crippen LogP contribution < -0.4 is 21.3 Å². The van der Waals surface area contributed by atoms with Gasteiger partial charge < -0.3 is 41.7 Å². The maximum absolute atomic E-state index is 13.9. The van der Waals surface area contributed by atoms with Gasteiger partial charge in [0.2, 0.25) is 11.7 Å². The minimum atomic E-state index is -2.64. The van der Waals surface area contributed by atoms with E-state index in [-0.39, 0.29) is 48.2 Å². The highest BCUT2D eigenvalue weighted by molar-refractivity contribution is 6.24. The van der Waals surface area contributed by atoms with Crippen LogP contribution >= 0.6 is 0 Å². The van der Waals surface area contributed by atoms with Crippen molar-refractivity contribution in [2.45, 2.75) is 51.2 Å². The summed E-state index contributed by atoms with van der Waals surface area (Å²) in [4.78, 5) is 53.1. The van der Waals surface area contributed by atoms with Crippen LogP contribution in [0, 0.1) is 11.8 Å². The first-order valence-electron chi connectivity index (χ1n) is 12.6. The second-order valence-electron chi connectivity index (χ2n) is 11.6. The van der Waals surface area contributed by atoms with Crippen molar-refractivity contribution < 1.29 is 39.6 Å². The average molecular weight is 543 g/mol. The number of aromatic hydroxyl groups is 1. The Morgan fingerprint density at radius 3 is 2.36 bits per heavy atom. The molecule has 39 heavy (non-hydrogen) atoms. The molecule has 2 amide bonds. The number of allylic oxidation sites excluding steroid dienone is 2. The summed E-state index contributed by atoms with van der Waals surface area (Å²) < 4.78 is 0. The lowest BCUT2D eigenvalue weighted by Gasteiger charge is -2.45. The van der Waals surface area contributed by atoms with Crippen LogP contribution in [0.5, 0.6) is 5.75 Å². The molecule has 1 aromatic rings. The minimum absolute atomic E-state index is 0.0185. The van der Waals surface area contributed by atoms with Crippen molar-refractivity contribution in [3.8, 4) is 5.75 Å².